The number of carbonyl (C=O) groups excluding carboxylic acids is 5. The van der Waals surface area contributed by atoms with E-state index in [0.717, 1.165) is 27.7 Å². The molecule has 1 fully saturated rings. The predicted molar refractivity (Wildman–Crippen MR) is 73.2 cm³/mol. The maximum absolute atomic E-state index is 11.4. The Morgan fingerprint density at radius 3 is 1.54 bits per heavy atom. The van der Waals surface area contributed by atoms with Crippen LogP contribution in [0.3, 0.4) is 0 Å². The molecule has 10 nitrogen and oxygen atoms in total. The molecular formula is C14H18O10. The highest BCUT2D eigenvalue weighted by molar-refractivity contribution is 5.70. The highest BCUT2D eigenvalue weighted by Crippen LogP contribution is 2.28. The Kier molecular flexibility index (Phi) is 6.83. The average molecular weight is 346 g/mol. The summed E-state index contributed by atoms with van der Waals surface area (Å²) in [6, 6.07) is 0. The highest BCUT2D eigenvalue weighted by Gasteiger charge is 2.53. The van der Waals surface area contributed by atoms with E-state index in [1.165, 1.54) is 0 Å². The first-order valence-electron chi connectivity index (χ1n) is 6.95. The molecule has 0 aromatic heterocycles. The Hall–Kier alpha value is -2.49. The van der Waals surface area contributed by atoms with Gasteiger partial charge < -0.3 is 28.5 Å². The van der Waals surface area contributed by atoms with Crippen molar-refractivity contribution in [2.24, 2.45) is 0 Å². The predicted octanol–water partition coefficient (Wildman–Crippen LogP) is -0.732. The summed E-state index contributed by atoms with van der Waals surface area (Å²) >= 11 is 0. The average Bonchev–Trinajstić information content (AvgIpc) is 2.42. The monoisotopic (exact) mass is 346 g/mol. The number of rotatable bonds is 5. The van der Waals surface area contributed by atoms with Gasteiger partial charge in [0.25, 0.3) is 0 Å². The van der Waals surface area contributed by atoms with Crippen molar-refractivity contribution >= 4 is 30.2 Å². The van der Waals surface area contributed by atoms with E-state index in [9.17, 15) is 24.0 Å². The molecule has 0 saturated carbocycles. The molecule has 0 aromatic carbocycles. The van der Waals surface area contributed by atoms with Crippen LogP contribution in [0, 0.1) is 0 Å². The second-order valence-electron chi connectivity index (χ2n) is 4.94. The van der Waals surface area contributed by atoms with Gasteiger partial charge in [-0.15, -0.1) is 0 Å². The van der Waals surface area contributed by atoms with Crippen molar-refractivity contribution in [3.05, 3.63) is 0 Å². The van der Waals surface area contributed by atoms with Gasteiger partial charge in [-0.1, -0.05) is 0 Å². The summed E-state index contributed by atoms with van der Waals surface area (Å²) in [6.07, 6.45) is -6.81. The van der Waals surface area contributed by atoms with Crippen LogP contribution < -0.4 is 0 Å². The third-order valence-corrected chi connectivity index (χ3v) is 2.85. The van der Waals surface area contributed by atoms with E-state index in [-0.39, 0.29) is 0 Å². The second-order valence-corrected chi connectivity index (χ2v) is 4.94. The van der Waals surface area contributed by atoms with E-state index in [0.29, 0.717) is 6.29 Å². The number of carbonyl (C=O) groups is 5. The number of aldehydes is 1. The standard InChI is InChI=1S/C14H18O10/c1-6(16)20-11-10(5-15)24-14(23-9(4)19)13(22-8(3)18)12(11)21-7(2)17/h5,10-14H,1-4H3/t10-,11-,12+,13+,14+/m1/s1. The molecule has 5 atom stereocenters. The summed E-state index contributed by atoms with van der Waals surface area (Å²) < 4.78 is 25.1. The molecule has 0 amide bonds. The number of hydrogen-bond acceptors (Lipinski definition) is 10. The normalized spacial score (nSPS) is 29.1. The lowest BCUT2D eigenvalue weighted by Crippen LogP contribution is -2.62. The van der Waals surface area contributed by atoms with Crippen LogP contribution in [0.2, 0.25) is 0 Å². The summed E-state index contributed by atoms with van der Waals surface area (Å²) in [4.78, 5) is 56.4. The van der Waals surface area contributed by atoms with Crippen molar-refractivity contribution in [1.29, 1.82) is 0 Å². The molecule has 0 unspecified atom stereocenters. The zero-order valence-electron chi connectivity index (χ0n) is 13.5. The molecule has 1 aliphatic rings. The van der Waals surface area contributed by atoms with Gasteiger partial charge in [0, 0.05) is 27.7 Å². The van der Waals surface area contributed by atoms with Crippen molar-refractivity contribution in [2.45, 2.75) is 58.4 Å². The van der Waals surface area contributed by atoms with Crippen molar-refractivity contribution < 1.29 is 47.7 Å². The lowest BCUT2D eigenvalue weighted by atomic mass is 9.98. The smallest absolute Gasteiger partial charge is 0.305 e. The first-order valence-corrected chi connectivity index (χ1v) is 6.95. The largest absolute Gasteiger partial charge is 0.455 e. The van der Waals surface area contributed by atoms with Crippen LogP contribution in [-0.4, -0.2) is 60.9 Å². The molecule has 0 N–H and O–H groups in total. The minimum Gasteiger partial charge on any atom is -0.455 e. The molecule has 0 bridgehead atoms. The molecule has 0 aromatic rings. The maximum Gasteiger partial charge on any atom is 0.305 e. The minimum absolute atomic E-state index is 0.296. The van der Waals surface area contributed by atoms with Gasteiger partial charge in [0.15, 0.2) is 24.6 Å². The Balaban J connectivity index is 3.25. The van der Waals surface area contributed by atoms with Crippen LogP contribution in [0.25, 0.3) is 0 Å². The Labute approximate surface area is 137 Å². The Bertz CT molecular complexity index is 528. The van der Waals surface area contributed by atoms with Crippen LogP contribution >= 0.6 is 0 Å². The van der Waals surface area contributed by atoms with Gasteiger partial charge in [0.2, 0.25) is 12.4 Å². The molecule has 1 rings (SSSR count). The molecule has 1 aliphatic heterocycles. The van der Waals surface area contributed by atoms with Gasteiger partial charge in [-0.2, -0.15) is 0 Å². The van der Waals surface area contributed by atoms with E-state index in [4.69, 9.17) is 23.7 Å². The highest BCUT2D eigenvalue weighted by atomic mass is 16.7. The minimum atomic E-state index is -1.52. The molecule has 1 heterocycles. The molecule has 0 radical (unpaired) electrons. The van der Waals surface area contributed by atoms with Gasteiger partial charge >= 0.3 is 23.9 Å². The van der Waals surface area contributed by atoms with E-state index >= 15 is 0 Å². The van der Waals surface area contributed by atoms with Crippen molar-refractivity contribution in [2.75, 3.05) is 0 Å². The molecule has 0 aliphatic carbocycles. The van der Waals surface area contributed by atoms with Gasteiger partial charge in [0.1, 0.15) is 0 Å². The fraction of sp³-hybridized carbons (Fsp3) is 0.643. The van der Waals surface area contributed by atoms with Crippen molar-refractivity contribution in [1.82, 2.24) is 0 Å². The topological polar surface area (TPSA) is 132 Å². The third kappa shape index (κ3) is 5.30. The molecule has 10 heteroatoms. The fourth-order valence-corrected chi connectivity index (χ4v) is 2.17. The fourth-order valence-electron chi connectivity index (χ4n) is 2.17. The van der Waals surface area contributed by atoms with Crippen molar-refractivity contribution in [3.8, 4) is 0 Å². The van der Waals surface area contributed by atoms with Crippen LogP contribution in [0.5, 0.6) is 0 Å². The molecule has 1 saturated heterocycles. The maximum atomic E-state index is 11.4. The summed E-state index contributed by atoms with van der Waals surface area (Å²) in [7, 11) is 0. The SMILES string of the molecule is CC(=O)O[C@H]1O[C@H](C=O)[C@@H](OC(C)=O)[C@H](OC(C)=O)[C@@H]1OC(C)=O. The van der Waals surface area contributed by atoms with E-state index in [2.05, 4.69) is 0 Å². The summed E-state index contributed by atoms with van der Waals surface area (Å²) in [5.74, 6) is -3.14. The number of hydrogen-bond donors (Lipinski definition) is 0. The second kappa shape index (κ2) is 8.39. The first-order chi connectivity index (χ1) is 11.1. The van der Waals surface area contributed by atoms with Gasteiger partial charge in [-0.25, -0.2) is 0 Å². The van der Waals surface area contributed by atoms with E-state index in [1.54, 1.807) is 0 Å². The van der Waals surface area contributed by atoms with Crippen LogP contribution in [-0.2, 0) is 47.7 Å². The number of ether oxygens (including phenoxy) is 5. The summed E-state index contributed by atoms with van der Waals surface area (Å²) in [6.45, 7) is 4.29. The van der Waals surface area contributed by atoms with E-state index < -0.39 is 54.6 Å². The van der Waals surface area contributed by atoms with Gasteiger partial charge in [-0.05, 0) is 0 Å². The quantitative estimate of drug-likeness (QED) is 0.356. The third-order valence-electron chi connectivity index (χ3n) is 2.85. The zero-order chi connectivity index (χ0) is 18.4. The molecule has 134 valence electrons. The zero-order valence-corrected chi connectivity index (χ0v) is 13.5. The molecular weight excluding hydrogens is 328 g/mol. The van der Waals surface area contributed by atoms with Gasteiger partial charge in [0.05, 0.1) is 0 Å². The lowest BCUT2D eigenvalue weighted by molar-refractivity contribution is -0.288. The lowest BCUT2D eigenvalue weighted by Gasteiger charge is -2.42. The van der Waals surface area contributed by atoms with Crippen LogP contribution in [0.15, 0.2) is 0 Å². The van der Waals surface area contributed by atoms with Gasteiger partial charge in [-0.3, -0.25) is 19.2 Å². The number of esters is 4. The molecule has 24 heavy (non-hydrogen) atoms. The molecule has 0 spiro atoms. The summed E-state index contributed by atoms with van der Waals surface area (Å²) in [5, 5.41) is 0. The van der Waals surface area contributed by atoms with Crippen LogP contribution in [0.1, 0.15) is 27.7 Å². The van der Waals surface area contributed by atoms with E-state index in [1.807, 2.05) is 0 Å². The summed E-state index contributed by atoms with van der Waals surface area (Å²) in [5.41, 5.74) is 0. The Morgan fingerprint density at radius 2 is 1.12 bits per heavy atom. The first kappa shape index (κ1) is 19.6. The van der Waals surface area contributed by atoms with Crippen molar-refractivity contribution in [3.63, 3.8) is 0 Å². The van der Waals surface area contributed by atoms with Crippen LogP contribution in [0.4, 0.5) is 0 Å². The Morgan fingerprint density at radius 1 is 0.708 bits per heavy atom.